The van der Waals surface area contributed by atoms with Crippen LogP contribution in [0.3, 0.4) is 0 Å². The van der Waals surface area contributed by atoms with E-state index in [0.717, 1.165) is 24.2 Å². The Hall–Kier alpha value is -2.10. The van der Waals surface area contributed by atoms with Crippen molar-refractivity contribution in [2.24, 2.45) is 0 Å². The second kappa shape index (κ2) is 5.11. The van der Waals surface area contributed by atoms with Crippen molar-refractivity contribution in [1.29, 1.82) is 0 Å². The lowest BCUT2D eigenvalue weighted by atomic mass is 10.2. The predicted molar refractivity (Wildman–Crippen MR) is 61.0 cm³/mol. The number of nitrogens with zero attached hydrogens (tertiary/aromatic N) is 3. The standard InChI is InChI=1S/C12H13N3O/c16-8-2-5-11-3-1-4-12(14-11)9-15-7-6-13-10-15/h1-4,6-8,10,16H,5,9H2. The van der Waals surface area contributed by atoms with Gasteiger partial charge < -0.3 is 9.67 Å². The van der Waals surface area contributed by atoms with Crippen molar-refractivity contribution in [3.63, 3.8) is 0 Å². The van der Waals surface area contributed by atoms with Gasteiger partial charge in [-0.3, -0.25) is 4.98 Å². The SMILES string of the molecule is OC=CCc1cccc(Cn2ccnc2)n1. The fourth-order valence-electron chi connectivity index (χ4n) is 1.47. The molecule has 4 nitrogen and oxygen atoms in total. The number of rotatable bonds is 4. The van der Waals surface area contributed by atoms with Crippen LogP contribution in [0.15, 0.2) is 49.3 Å². The molecule has 0 saturated heterocycles. The highest BCUT2D eigenvalue weighted by Crippen LogP contribution is 2.03. The third-order valence-corrected chi connectivity index (χ3v) is 2.20. The van der Waals surface area contributed by atoms with E-state index in [1.54, 1.807) is 18.6 Å². The average molecular weight is 215 g/mol. The predicted octanol–water partition coefficient (Wildman–Crippen LogP) is 1.94. The summed E-state index contributed by atoms with van der Waals surface area (Å²) in [5.74, 6) is 0. The Kier molecular flexibility index (Phi) is 3.33. The second-order valence-electron chi connectivity index (χ2n) is 3.44. The summed E-state index contributed by atoms with van der Waals surface area (Å²) < 4.78 is 1.97. The van der Waals surface area contributed by atoms with Crippen molar-refractivity contribution in [2.45, 2.75) is 13.0 Å². The van der Waals surface area contributed by atoms with E-state index in [2.05, 4.69) is 9.97 Å². The Labute approximate surface area is 93.9 Å². The molecule has 1 N–H and O–H groups in total. The van der Waals surface area contributed by atoms with Crippen LogP contribution >= 0.6 is 0 Å². The first kappa shape index (κ1) is 10.4. The Balaban J connectivity index is 2.10. The van der Waals surface area contributed by atoms with Gasteiger partial charge in [0.1, 0.15) is 0 Å². The van der Waals surface area contributed by atoms with Gasteiger partial charge in [0, 0.05) is 24.5 Å². The molecule has 0 fully saturated rings. The summed E-state index contributed by atoms with van der Waals surface area (Å²) in [5.41, 5.74) is 1.93. The molecule has 4 heteroatoms. The van der Waals surface area contributed by atoms with Gasteiger partial charge in [0.05, 0.1) is 24.8 Å². The zero-order valence-corrected chi connectivity index (χ0v) is 8.82. The highest BCUT2D eigenvalue weighted by atomic mass is 16.2. The molecule has 0 amide bonds. The van der Waals surface area contributed by atoms with E-state index in [1.807, 2.05) is 29.0 Å². The number of aromatic nitrogens is 3. The molecule has 0 radical (unpaired) electrons. The van der Waals surface area contributed by atoms with Crippen LogP contribution in [0.5, 0.6) is 0 Å². The van der Waals surface area contributed by atoms with Gasteiger partial charge in [-0.05, 0) is 18.2 Å². The van der Waals surface area contributed by atoms with E-state index in [1.165, 1.54) is 0 Å². The van der Waals surface area contributed by atoms with Crippen molar-refractivity contribution < 1.29 is 5.11 Å². The summed E-state index contributed by atoms with van der Waals surface area (Å²) in [4.78, 5) is 8.46. The minimum Gasteiger partial charge on any atom is -0.516 e. The Morgan fingerprint density at radius 3 is 2.94 bits per heavy atom. The van der Waals surface area contributed by atoms with Crippen molar-refractivity contribution in [3.05, 3.63) is 60.6 Å². The first-order chi connectivity index (χ1) is 7.88. The van der Waals surface area contributed by atoms with Crippen LogP contribution in [-0.2, 0) is 13.0 Å². The topological polar surface area (TPSA) is 50.9 Å². The number of allylic oxidation sites excluding steroid dienone is 1. The Morgan fingerprint density at radius 2 is 2.19 bits per heavy atom. The molecule has 0 bridgehead atoms. The van der Waals surface area contributed by atoms with E-state index < -0.39 is 0 Å². The quantitative estimate of drug-likeness (QED) is 0.793. The zero-order valence-electron chi connectivity index (χ0n) is 8.82. The van der Waals surface area contributed by atoms with Gasteiger partial charge in [-0.2, -0.15) is 0 Å². The Bertz CT molecular complexity index is 463. The van der Waals surface area contributed by atoms with Crippen LogP contribution in [0.2, 0.25) is 0 Å². The molecule has 82 valence electrons. The summed E-state index contributed by atoms with van der Waals surface area (Å²) in [6.45, 7) is 0.719. The van der Waals surface area contributed by atoms with Gasteiger partial charge in [-0.25, -0.2) is 4.98 Å². The molecule has 0 spiro atoms. The largest absolute Gasteiger partial charge is 0.516 e. The van der Waals surface area contributed by atoms with Crippen LogP contribution in [0.1, 0.15) is 11.4 Å². The fourth-order valence-corrected chi connectivity index (χ4v) is 1.47. The molecule has 2 aromatic rings. The highest BCUT2D eigenvalue weighted by Gasteiger charge is 1.97. The number of pyridine rings is 1. The van der Waals surface area contributed by atoms with Crippen LogP contribution in [0.25, 0.3) is 0 Å². The minimum atomic E-state index is 0.647. The number of hydrogen-bond donors (Lipinski definition) is 1. The summed E-state index contributed by atoms with van der Waals surface area (Å²) >= 11 is 0. The summed E-state index contributed by atoms with van der Waals surface area (Å²) in [6, 6.07) is 5.89. The third-order valence-electron chi connectivity index (χ3n) is 2.20. The smallest absolute Gasteiger partial charge is 0.0949 e. The van der Waals surface area contributed by atoms with Gasteiger partial charge >= 0.3 is 0 Å². The number of hydrogen-bond acceptors (Lipinski definition) is 3. The zero-order chi connectivity index (χ0) is 11.2. The second-order valence-corrected chi connectivity index (χ2v) is 3.44. The molecule has 0 aliphatic carbocycles. The maximum atomic E-state index is 8.58. The van der Waals surface area contributed by atoms with Crippen molar-refractivity contribution >= 4 is 0 Å². The molecule has 2 heterocycles. The minimum absolute atomic E-state index is 0.647. The molecule has 0 aliphatic rings. The number of aliphatic hydroxyl groups is 1. The average Bonchev–Trinajstić information content (AvgIpc) is 2.80. The molecule has 0 aromatic carbocycles. The van der Waals surface area contributed by atoms with E-state index in [-0.39, 0.29) is 0 Å². The molecule has 0 atom stereocenters. The molecule has 0 unspecified atom stereocenters. The van der Waals surface area contributed by atoms with Crippen molar-refractivity contribution in [3.8, 4) is 0 Å². The van der Waals surface area contributed by atoms with Crippen molar-refractivity contribution in [2.75, 3.05) is 0 Å². The molecule has 16 heavy (non-hydrogen) atoms. The van der Waals surface area contributed by atoms with Gasteiger partial charge in [-0.1, -0.05) is 6.07 Å². The number of aliphatic hydroxyl groups excluding tert-OH is 1. The molecular formula is C12H13N3O. The maximum absolute atomic E-state index is 8.58. The monoisotopic (exact) mass is 215 g/mol. The summed E-state index contributed by atoms with van der Waals surface area (Å²) in [5, 5.41) is 8.58. The molecule has 2 aromatic heterocycles. The summed E-state index contributed by atoms with van der Waals surface area (Å²) in [6.07, 6.45) is 8.78. The highest BCUT2D eigenvalue weighted by molar-refractivity contribution is 5.13. The fraction of sp³-hybridized carbons (Fsp3) is 0.167. The van der Waals surface area contributed by atoms with Crippen LogP contribution in [-0.4, -0.2) is 19.6 Å². The van der Waals surface area contributed by atoms with Crippen LogP contribution in [0, 0.1) is 0 Å². The van der Waals surface area contributed by atoms with Crippen molar-refractivity contribution in [1.82, 2.24) is 14.5 Å². The van der Waals surface area contributed by atoms with Gasteiger partial charge in [0.25, 0.3) is 0 Å². The van der Waals surface area contributed by atoms with E-state index in [0.29, 0.717) is 6.42 Å². The lowest BCUT2D eigenvalue weighted by Gasteiger charge is -2.03. The molecule has 2 rings (SSSR count). The van der Waals surface area contributed by atoms with E-state index >= 15 is 0 Å². The lowest BCUT2D eigenvalue weighted by molar-refractivity contribution is 0.471. The molecule has 0 aliphatic heterocycles. The third kappa shape index (κ3) is 2.70. The van der Waals surface area contributed by atoms with Crippen LogP contribution in [0.4, 0.5) is 0 Å². The van der Waals surface area contributed by atoms with E-state index in [9.17, 15) is 0 Å². The molecular weight excluding hydrogens is 202 g/mol. The van der Waals surface area contributed by atoms with Gasteiger partial charge in [0.15, 0.2) is 0 Å². The summed E-state index contributed by atoms with van der Waals surface area (Å²) in [7, 11) is 0. The first-order valence-electron chi connectivity index (χ1n) is 5.08. The first-order valence-corrected chi connectivity index (χ1v) is 5.08. The van der Waals surface area contributed by atoms with E-state index in [4.69, 9.17) is 5.11 Å². The Morgan fingerprint density at radius 1 is 1.31 bits per heavy atom. The maximum Gasteiger partial charge on any atom is 0.0949 e. The van der Waals surface area contributed by atoms with Gasteiger partial charge in [-0.15, -0.1) is 0 Å². The molecule has 0 saturated carbocycles. The van der Waals surface area contributed by atoms with Crippen LogP contribution < -0.4 is 0 Å². The van der Waals surface area contributed by atoms with Gasteiger partial charge in [0.2, 0.25) is 0 Å². The number of imidazole rings is 1. The lowest BCUT2D eigenvalue weighted by Crippen LogP contribution is -2.00. The normalized spacial score (nSPS) is 11.0.